The first-order valence-electron chi connectivity index (χ1n) is 11.0. The average Bonchev–Trinajstić information content (AvgIpc) is 2.84. The first-order valence-corrected chi connectivity index (χ1v) is 11.0. The number of hydrogen-bond acceptors (Lipinski definition) is 5. The summed E-state index contributed by atoms with van der Waals surface area (Å²) in [5.74, 6) is 0.106. The first-order chi connectivity index (χ1) is 16.1. The second-order valence-electron chi connectivity index (χ2n) is 7.56. The Balaban J connectivity index is 1.63. The van der Waals surface area contributed by atoms with E-state index in [0.29, 0.717) is 42.9 Å². The summed E-state index contributed by atoms with van der Waals surface area (Å²) in [7, 11) is 1.54. The highest BCUT2D eigenvalue weighted by Crippen LogP contribution is 2.25. The van der Waals surface area contributed by atoms with Gasteiger partial charge in [-0.25, -0.2) is 0 Å². The zero-order valence-corrected chi connectivity index (χ0v) is 18.6. The fourth-order valence-corrected chi connectivity index (χ4v) is 3.39. The molecule has 3 amide bonds. The first kappa shape index (κ1) is 23.8. The molecule has 1 heterocycles. The van der Waals surface area contributed by atoms with Crippen LogP contribution in [0.15, 0.2) is 54.6 Å². The van der Waals surface area contributed by atoms with E-state index in [0.717, 1.165) is 5.56 Å². The van der Waals surface area contributed by atoms with Gasteiger partial charge in [0.25, 0.3) is 5.91 Å². The zero-order chi connectivity index (χ0) is 23.5. The number of hydrogen-bond donors (Lipinski definition) is 3. The van der Waals surface area contributed by atoms with Crippen LogP contribution in [0.25, 0.3) is 6.08 Å². The van der Waals surface area contributed by atoms with Crippen molar-refractivity contribution in [2.75, 3.05) is 26.8 Å². The molecule has 8 nitrogen and oxygen atoms in total. The Bertz CT molecular complexity index is 991. The second-order valence-corrected chi connectivity index (χ2v) is 7.56. The van der Waals surface area contributed by atoms with Crippen LogP contribution in [-0.4, -0.2) is 50.6 Å². The van der Waals surface area contributed by atoms with E-state index in [1.54, 1.807) is 24.3 Å². The average molecular weight is 452 g/mol. The summed E-state index contributed by atoms with van der Waals surface area (Å²) in [6, 6.07) is 13.8. The van der Waals surface area contributed by atoms with Gasteiger partial charge in [-0.2, -0.15) is 0 Å². The molecular formula is C25H29N3O5. The molecule has 0 saturated carbocycles. The van der Waals surface area contributed by atoms with Crippen LogP contribution >= 0.6 is 0 Å². The van der Waals surface area contributed by atoms with Crippen LogP contribution in [0.4, 0.5) is 0 Å². The van der Waals surface area contributed by atoms with Gasteiger partial charge in [-0.3, -0.25) is 14.4 Å². The summed E-state index contributed by atoms with van der Waals surface area (Å²) in [4.78, 5) is 37.6. The number of ether oxygens (including phenoxy) is 2. The van der Waals surface area contributed by atoms with E-state index in [9.17, 15) is 14.4 Å². The van der Waals surface area contributed by atoms with Gasteiger partial charge in [0.15, 0.2) is 0 Å². The maximum absolute atomic E-state index is 12.7. The molecule has 174 valence electrons. The molecule has 0 radical (unpaired) electrons. The van der Waals surface area contributed by atoms with Crippen LogP contribution in [0.5, 0.6) is 11.5 Å². The maximum atomic E-state index is 12.7. The van der Waals surface area contributed by atoms with Gasteiger partial charge in [-0.15, -0.1) is 0 Å². The molecule has 0 spiro atoms. The van der Waals surface area contributed by atoms with Crippen molar-refractivity contribution >= 4 is 23.8 Å². The Morgan fingerprint density at radius 1 is 1.09 bits per heavy atom. The van der Waals surface area contributed by atoms with Crippen molar-refractivity contribution in [3.05, 3.63) is 65.7 Å². The predicted octanol–water partition coefficient (Wildman–Crippen LogP) is 2.30. The minimum absolute atomic E-state index is 0.160. The molecule has 0 bridgehead atoms. The third kappa shape index (κ3) is 7.38. The largest absolute Gasteiger partial charge is 0.497 e. The van der Waals surface area contributed by atoms with E-state index in [1.165, 1.54) is 13.2 Å². The van der Waals surface area contributed by atoms with Crippen LogP contribution in [0.2, 0.25) is 0 Å². The molecule has 2 aromatic rings. The minimum Gasteiger partial charge on any atom is -0.497 e. The molecule has 8 heteroatoms. The smallest absolute Gasteiger partial charge is 0.255 e. The third-order valence-corrected chi connectivity index (χ3v) is 5.16. The fourth-order valence-electron chi connectivity index (χ4n) is 3.39. The van der Waals surface area contributed by atoms with Crippen molar-refractivity contribution in [2.24, 2.45) is 0 Å². The standard InChI is InChI=1S/C25H29N3O5/c1-32-19-11-12-20-22(17-19)33-16-15-27-25(31)21(9-5-6-14-26-24(20)30)28-23(29)13-10-18-7-3-2-4-8-18/h2-4,7-8,10-13,17,21H,5-6,9,14-16H2,1H3,(H,26,30)(H,27,31)(H,28,29)/b13-10+/t21-/m0/s1. The second kappa shape index (κ2) is 12.3. The summed E-state index contributed by atoms with van der Waals surface area (Å²) < 4.78 is 11.0. The highest BCUT2D eigenvalue weighted by atomic mass is 16.5. The lowest BCUT2D eigenvalue weighted by Crippen LogP contribution is -2.47. The molecule has 3 rings (SSSR count). The Labute approximate surface area is 193 Å². The number of nitrogens with one attached hydrogen (secondary N) is 3. The molecule has 1 atom stereocenters. The van der Waals surface area contributed by atoms with Gasteiger partial charge in [-0.1, -0.05) is 30.3 Å². The topological polar surface area (TPSA) is 106 Å². The Kier molecular flexibility index (Phi) is 8.88. The molecule has 0 unspecified atom stereocenters. The molecule has 0 saturated heterocycles. The van der Waals surface area contributed by atoms with Crippen LogP contribution in [0, 0.1) is 0 Å². The third-order valence-electron chi connectivity index (χ3n) is 5.16. The summed E-state index contributed by atoms with van der Waals surface area (Å²) in [6.07, 6.45) is 4.90. The van der Waals surface area contributed by atoms with Gasteiger partial charge < -0.3 is 25.4 Å². The van der Waals surface area contributed by atoms with Crippen molar-refractivity contribution in [2.45, 2.75) is 25.3 Å². The lowest BCUT2D eigenvalue weighted by Gasteiger charge is -2.19. The molecule has 3 N–H and O–H groups in total. The molecule has 1 aliphatic heterocycles. The minimum atomic E-state index is -0.677. The number of amides is 3. The Morgan fingerprint density at radius 3 is 2.70 bits per heavy atom. The normalized spacial score (nSPS) is 17.7. The van der Waals surface area contributed by atoms with E-state index < -0.39 is 6.04 Å². The summed E-state index contributed by atoms with van der Waals surface area (Å²) >= 11 is 0. The van der Waals surface area contributed by atoms with Gasteiger partial charge in [0.05, 0.1) is 19.2 Å². The SMILES string of the molecule is COc1ccc2c(c1)OCCNC(=O)[C@@H](NC(=O)/C=C/c1ccccc1)CCCCNC2=O. The molecule has 0 aliphatic carbocycles. The van der Waals surface area contributed by atoms with E-state index in [4.69, 9.17) is 9.47 Å². The van der Waals surface area contributed by atoms with E-state index in [-0.39, 0.29) is 30.9 Å². The van der Waals surface area contributed by atoms with E-state index >= 15 is 0 Å². The van der Waals surface area contributed by atoms with Crippen molar-refractivity contribution < 1.29 is 23.9 Å². The molecular weight excluding hydrogens is 422 g/mol. The number of benzene rings is 2. The molecule has 2 aromatic carbocycles. The van der Waals surface area contributed by atoms with E-state index in [2.05, 4.69) is 16.0 Å². The maximum Gasteiger partial charge on any atom is 0.255 e. The fraction of sp³-hybridized carbons (Fsp3) is 0.320. The van der Waals surface area contributed by atoms with Gasteiger partial charge in [0.1, 0.15) is 24.1 Å². The quantitative estimate of drug-likeness (QED) is 0.619. The molecule has 0 fully saturated rings. The van der Waals surface area contributed by atoms with Crippen LogP contribution in [0.3, 0.4) is 0 Å². The molecule has 33 heavy (non-hydrogen) atoms. The van der Waals surface area contributed by atoms with Gasteiger partial charge in [-0.05, 0) is 43.0 Å². The van der Waals surface area contributed by atoms with Crippen molar-refractivity contribution in [1.29, 1.82) is 0 Å². The highest BCUT2D eigenvalue weighted by molar-refractivity contribution is 5.97. The number of carbonyl (C=O) groups excluding carboxylic acids is 3. The van der Waals surface area contributed by atoms with Crippen LogP contribution in [0.1, 0.15) is 35.2 Å². The zero-order valence-electron chi connectivity index (χ0n) is 18.6. The molecule has 0 aromatic heterocycles. The summed E-state index contributed by atoms with van der Waals surface area (Å²) in [5, 5.41) is 8.45. The van der Waals surface area contributed by atoms with Gasteiger partial charge >= 0.3 is 0 Å². The molecule has 1 aliphatic rings. The Hall–Kier alpha value is -3.81. The lowest BCUT2D eigenvalue weighted by molar-refractivity contribution is -0.127. The number of rotatable bonds is 4. The number of fused-ring (bicyclic) bond motifs is 1. The number of carbonyl (C=O) groups is 3. The highest BCUT2D eigenvalue weighted by Gasteiger charge is 2.20. The van der Waals surface area contributed by atoms with Crippen molar-refractivity contribution in [3.8, 4) is 11.5 Å². The summed E-state index contributed by atoms with van der Waals surface area (Å²) in [5.41, 5.74) is 1.31. The Morgan fingerprint density at radius 2 is 1.91 bits per heavy atom. The number of methoxy groups -OCH3 is 1. The van der Waals surface area contributed by atoms with Gasteiger partial charge in [0.2, 0.25) is 11.8 Å². The van der Waals surface area contributed by atoms with Gasteiger partial charge in [0, 0.05) is 18.7 Å². The van der Waals surface area contributed by atoms with Crippen LogP contribution in [-0.2, 0) is 9.59 Å². The van der Waals surface area contributed by atoms with Crippen LogP contribution < -0.4 is 25.4 Å². The predicted molar refractivity (Wildman–Crippen MR) is 125 cm³/mol. The lowest BCUT2D eigenvalue weighted by atomic mass is 10.1. The van der Waals surface area contributed by atoms with Crippen molar-refractivity contribution in [1.82, 2.24) is 16.0 Å². The monoisotopic (exact) mass is 451 g/mol. The van der Waals surface area contributed by atoms with Crippen molar-refractivity contribution in [3.63, 3.8) is 0 Å². The van der Waals surface area contributed by atoms with E-state index in [1.807, 2.05) is 30.3 Å². The summed E-state index contributed by atoms with van der Waals surface area (Å²) in [6.45, 7) is 0.831.